The van der Waals surface area contributed by atoms with Gasteiger partial charge in [-0.2, -0.15) is 4.99 Å². The van der Waals surface area contributed by atoms with Gasteiger partial charge >= 0.3 is 0 Å². The van der Waals surface area contributed by atoms with Gasteiger partial charge in [-0.15, -0.1) is 0 Å². The SMILES string of the molecule is CC(C)(F)c1cccc(C2(N=C=O)CC2)c1. The number of carbonyl (C=O) groups excluding carboxylic acids is 1. The summed E-state index contributed by atoms with van der Waals surface area (Å²) in [6, 6.07) is 7.26. The molecule has 0 saturated heterocycles. The molecule has 0 aromatic heterocycles. The van der Waals surface area contributed by atoms with Gasteiger partial charge in [0.05, 0.1) is 5.54 Å². The zero-order chi connectivity index (χ0) is 11.8. The maximum Gasteiger partial charge on any atom is 0.235 e. The molecule has 0 radical (unpaired) electrons. The van der Waals surface area contributed by atoms with Crippen molar-refractivity contribution in [2.24, 2.45) is 4.99 Å². The summed E-state index contributed by atoms with van der Waals surface area (Å²) in [5, 5.41) is 0. The Balaban J connectivity index is 2.41. The van der Waals surface area contributed by atoms with Gasteiger partial charge in [0.25, 0.3) is 0 Å². The highest BCUT2D eigenvalue weighted by Gasteiger charge is 2.45. The normalized spacial score (nSPS) is 17.7. The average Bonchev–Trinajstić information content (AvgIpc) is 2.99. The summed E-state index contributed by atoms with van der Waals surface area (Å²) in [5.41, 5.74) is -0.239. The van der Waals surface area contributed by atoms with Crippen LogP contribution in [0.5, 0.6) is 0 Å². The summed E-state index contributed by atoms with van der Waals surface area (Å²) in [4.78, 5) is 14.2. The first-order valence-electron chi connectivity index (χ1n) is 5.37. The molecule has 2 nitrogen and oxygen atoms in total. The number of aliphatic imine (C=N–C) groups is 1. The van der Waals surface area contributed by atoms with E-state index in [-0.39, 0.29) is 0 Å². The van der Waals surface area contributed by atoms with E-state index in [1.54, 1.807) is 18.2 Å². The highest BCUT2D eigenvalue weighted by molar-refractivity contribution is 5.42. The molecule has 0 amide bonds. The number of rotatable bonds is 3. The smallest absolute Gasteiger partial charge is 0.235 e. The first-order chi connectivity index (χ1) is 7.48. The van der Waals surface area contributed by atoms with Gasteiger partial charge in [0.2, 0.25) is 6.08 Å². The molecular weight excluding hydrogens is 205 g/mol. The van der Waals surface area contributed by atoms with Gasteiger partial charge < -0.3 is 0 Å². The van der Waals surface area contributed by atoms with Gasteiger partial charge in [0.1, 0.15) is 5.67 Å². The Morgan fingerprint density at radius 1 is 1.44 bits per heavy atom. The zero-order valence-corrected chi connectivity index (χ0v) is 9.46. The van der Waals surface area contributed by atoms with Gasteiger partial charge in [-0.05, 0) is 37.8 Å². The highest BCUT2D eigenvalue weighted by atomic mass is 19.1. The second-order valence-corrected chi connectivity index (χ2v) is 4.79. The predicted molar refractivity (Wildman–Crippen MR) is 59.6 cm³/mol. The minimum atomic E-state index is -1.36. The van der Waals surface area contributed by atoms with E-state index < -0.39 is 11.2 Å². The molecule has 0 heterocycles. The van der Waals surface area contributed by atoms with Crippen LogP contribution in [-0.4, -0.2) is 6.08 Å². The van der Waals surface area contributed by atoms with Crippen LogP contribution in [0.4, 0.5) is 4.39 Å². The fourth-order valence-electron chi connectivity index (χ4n) is 1.85. The molecule has 84 valence electrons. The molecule has 0 unspecified atom stereocenters. The Labute approximate surface area is 94.2 Å². The molecule has 0 atom stereocenters. The van der Waals surface area contributed by atoms with E-state index in [1.165, 1.54) is 13.8 Å². The van der Waals surface area contributed by atoms with E-state index in [4.69, 9.17) is 0 Å². The first-order valence-corrected chi connectivity index (χ1v) is 5.37. The lowest BCUT2D eigenvalue weighted by atomic mass is 9.95. The molecule has 0 spiro atoms. The summed E-state index contributed by atoms with van der Waals surface area (Å²) in [6.07, 6.45) is 3.30. The summed E-state index contributed by atoms with van der Waals surface area (Å²) in [6.45, 7) is 3.04. The Hall–Kier alpha value is -1.47. The number of hydrogen-bond acceptors (Lipinski definition) is 2. The van der Waals surface area contributed by atoms with Crippen LogP contribution in [0.15, 0.2) is 29.3 Å². The van der Waals surface area contributed by atoms with Crippen molar-refractivity contribution in [3.05, 3.63) is 35.4 Å². The Kier molecular flexibility index (Phi) is 2.43. The second-order valence-electron chi connectivity index (χ2n) is 4.79. The van der Waals surface area contributed by atoms with E-state index in [2.05, 4.69) is 4.99 Å². The molecule has 1 aliphatic carbocycles. The lowest BCUT2D eigenvalue weighted by Crippen LogP contribution is -2.11. The van der Waals surface area contributed by atoms with Crippen LogP contribution in [0.2, 0.25) is 0 Å². The number of alkyl halides is 1. The van der Waals surface area contributed by atoms with E-state index in [0.717, 1.165) is 18.4 Å². The molecule has 3 heteroatoms. The number of isocyanates is 1. The maximum absolute atomic E-state index is 13.8. The quantitative estimate of drug-likeness (QED) is 0.567. The molecule has 1 aromatic carbocycles. The average molecular weight is 219 g/mol. The van der Waals surface area contributed by atoms with Crippen molar-refractivity contribution in [2.75, 3.05) is 0 Å². The second kappa shape index (κ2) is 3.53. The van der Waals surface area contributed by atoms with Crippen molar-refractivity contribution >= 4 is 6.08 Å². The van der Waals surface area contributed by atoms with Crippen LogP contribution in [-0.2, 0) is 16.0 Å². The monoisotopic (exact) mass is 219 g/mol. The minimum Gasteiger partial charge on any atom is -0.239 e. The summed E-state index contributed by atoms with van der Waals surface area (Å²) >= 11 is 0. The fraction of sp³-hybridized carbons (Fsp3) is 0.462. The molecular formula is C13H14FNO. The highest BCUT2D eigenvalue weighted by Crippen LogP contribution is 2.49. The topological polar surface area (TPSA) is 29.4 Å². The van der Waals surface area contributed by atoms with E-state index in [1.807, 2.05) is 12.1 Å². The van der Waals surface area contributed by atoms with Crippen molar-refractivity contribution < 1.29 is 9.18 Å². The molecule has 2 rings (SSSR count). The third-order valence-corrected chi connectivity index (χ3v) is 3.07. The van der Waals surface area contributed by atoms with E-state index in [0.29, 0.717) is 5.56 Å². The van der Waals surface area contributed by atoms with E-state index in [9.17, 15) is 9.18 Å². The molecule has 0 N–H and O–H groups in total. The standard InChI is InChI=1S/C13H14FNO/c1-12(2,14)10-4-3-5-11(8-10)13(6-7-13)15-9-16/h3-5,8H,6-7H2,1-2H3. The number of nitrogens with zero attached hydrogens (tertiary/aromatic N) is 1. The number of hydrogen-bond donors (Lipinski definition) is 0. The molecule has 0 bridgehead atoms. The minimum absolute atomic E-state index is 0.414. The molecule has 1 fully saturated rings. The third-order valence-electron chi connectivity index (χ3n) is 3.07. The van der Waals surface area contributed by atoms with Crippen molar-refractivity contribution in [1.29, 1.82) is 0 Å². The third kappa shape index (κ3) is 1.91. The first kappa shape index (κ1) is 11.0. The van der Waals surface area contributed by atoms with Crippen molar-refractivity contribution in [2.45, 2.75) is 37.9 Å². The van der Waals surface area contributed by atoms with Gasteiger partial charge in [-0.25, -0.2) is 9.18 Å². The summed E-state index contributed by atoms with van der Waals surface area (Å²) in [7, 11) is 0. The summed E-state index contributed by atoms with van der Waals surface area (Å²) < 4.78 is 13.8. The predicted octanol–water partition coefficient (Wildman–Crippen LogP) is 3.22. The molecule has 16 heavy (non-hydrogen) atoms. The Bertz CT molecular complexity index is 451. The molecule has 1 aliphatic rings. The van der Waals surface area contributed by atoms with Crippen LogP contribution < -0.4 is 0 Å². The van der Waals surface area contributed by atoms with Crippen LogP contribution in [0.1, 0.15) is 37.8 Å². The largest absolute Gasteiger partial charge is 0.239 e. The van der Waals surface area contributed by atoms with Gasteiger partial charge in [-0.3, -0.25) is 0 Å². The van der Waals surface area contributed by atoms with Crippen LogP contribution >= 0.6 is 0 Å². The van der Waals surface area contributed by atoms with E-state index >= 15 is 0 Å². The summed E-state index contributed by atoms with van der Waals surface area (Å²) in [5.74, 6) is 0. The molecule has 0 aliphatic heterocycles. The van der Waals surface area contributed by atoms with Crippen LogP contribution in [0.3, 0.4) is 0 Å². The Morgan fingerprint density at radius 2 is 2.12 bits per heavy atom. The van der Waals surface area contributed by atoms with Gasteiger partial charge in [-0.1, -0.05) is 24.3 Å². The molecule has 1 saturated carbocycles. The lowest BCUT2D eigenvalue weighted by Gasteiger charge is -2.17. The van der Waals surface area contributed by atoms with Crippen molar-refractivity contribution in [1.82, 2.24) is 0 Å². The Morgan fingerprint density at radius 3 is 2.62 bits per heavy atom. The van der Waals surface area contributed by atoms with Crippen molar-refractivity contribution in [3.63, 3.8) is 0 Å². The van der Waals surface area contributed by atoms with Crippen molar-refractivity contribution in [3.8, 4) is 0 Å². The zero-order valence-electron chi connectivity index (χ0n) is 9.46. The lowest BCUT2D eigenvalue weighted by molar-refractivity contribution is 0.221. The van der Waals surface area contributed by atoms with Crippen LogP contribution in [0, 0.1) is 0 Å². The number of halogens is 1. The molecule has 1 aromatic rings. The van der Waals surface area contributed by atoms with Gasteiger partial charge in [0, 0.05) is 0 Å². The maximum atomic E-state index is 13.8. The number of benzene rings is 1. The van der Waals surface area contributed by atoms with Crippen LogP contribution in [0.25, 0.3) is 0 Å². The van der Waals surface area contributed by atoms with Gasteiger partial charge in [0.15, 0.2) is 0 Å². The fourth-order valence-corrected chi connectivity index (χ4v) is 1.85.